The third-order valence-corrected chi connectivity index (χ3v) is 2.37. The number of aliphatic carboxylic acids is 1. The Morgan fingerprint density at radius 1 is 1.00 bits per heavy atom. The SMILES string of the molecule is CC#CCCCCCCCCCC(=O)O. The van der Waals surface area contributed by atoms with Crippen molar-refractivity contribution < 1.29 is 9.90 Å². The number of unbranched alkanes of at least 4 members (excludes halogenated alkanes) is 7. The Morgan fingerprint density at radius 2 is 1.53 bits per heavy atom. The molecule has 0 fully saturated rings. The molecule has 0 spiro atoms. The maximum Gasteiger partial charge on any atom is 0.303 e. The lowest BCUT2D eigenvalue weighted by Gasteiger charge is -1.99. The van der Waals surface area contributed by atoms with Crippen molar-refractivity contribution in [2.75, 3.05) is 0 Å². The van der Waals surface area contributed by atoms with Crippen LogP contribution in [0.3, 0.4) is 0 Å². The lowest BCUT2D eigenvalue weighted by molar-refractivity contribution is -0.137. The second-order valence-electron chi connectivity index (χ2n) is 3.80. The minimum atomic E-state index is -0.673. The van der Waals surface area contributed by atoms with Crippen LogP contribution in [0.15, 0.2) is 0 Å². The van der Waals surface area contributed by atoms with Crippen LogP contribution in [0.4, 0.5) is 0 Å². The van der Waals surface area contributed by atoms with Crippen molar-refractivity contribution in [1.29, 1.82) is 0 Å². The summed E-state index contributed by atoms with van der Waals surface area (Å²) in [6.07, 6.45) is 9.37. The molecule has 0 unspecified atom stereocenters. The Kier molecular flexibility index (Phi) is 10.4. The second-order valence-corrected chi connectivity index (χ2v) is 3.80. The average Bonchev–Trinajstić information content (AvgIpc) is 2.20. The first kappa shape index (κ1) is 14.0. The van der Waals surface area contributed by atoms with Crippen LogP contribution in [-0.2, 0) is 4.79 Å². The van der Waals surface area contributed by atoms with Gasteiger partial charge >= 0.3 is 5.97 Å². The van der Waals surface area contributed by atoms with Crippen LogP contribution in [-0.4, -0.2) is 11.1 Å². The molecule has 0 aromatic heterocycles. The second kappa shape index (κ2) is 11.1. The van der Waals surface area contributed by atoms with E-state index in [2.05, 4.69) is 11.8 Å². The largest absolute Gasteiger partial charge is 0.481 e. The predicted molar refractivity (Wildman–Crippen MR) is 62.6 cm³/mol. The minimum Gasteiger partial charge on any atom is -0.481 e. The third kappa shape index (κ3) is 13.0. The highest BCUT2D eigenvalue weighted by molar-refractivity contribution is 5.66. The first-order valence-corrected chi connectivity index (χ1v) is 5.88. The quantitative estimate of drug-likeness (QED) is 0.466. The van der Waals surface area contributed by atoms with E-state index < -0.39 is 5.97 Å². The van der Waals surface area contributed by atoms with Crippen molar-refractivity contribution in [1.82, 2.24) is 0 Å². The normalized spacial score (nSPS) is 9.40. The van der Waals surface area contributed by atoms with E-state index in [1.54, 1.807) is 0 Å². The number of hydrogen-bond donors (Lipinski definition) is 1. The van der Waals surface area contributed by atoms with Crippen LogP contribution < -0.4 is 0 Å². The average molecular weight is 210 g/mol. The Morgan fingerprint density at radius 3 is 2.07 bits per heavy atom. The van der Waals surface area contributed by atoms with Gasteiger partial charge in [-0.25, -0.2) is 0 Å². The van der Waals surface area contributed by atoms with Gasteiger partial charge in [-0.2, -0.15) is 0 Å². The zero-order valence-electron chi connectivity index (χ0n) is 9.72. The Balaban J connectivity index is 2.97. The molecule has 86 valence electrons. The van der Waals surface area contributed by atoms with Crippen molar-refractivity contribution in [3.05, 3.63) is 0 Å². The number of carbonyl (C=O) groups is 1. The van der Waals surface area contributed by atoms with Gasteiger partial charge in [0, 0.05) is 12.8 Å². The van der Waals surface area contributed by atoms with Crippen LogP contribution in [0.5, 0.6) is 0 Å². The summed E-state index contributed by atoms with van der Waals surface area (Å²) in [4.78, 5) is 10.2. The highest BCUT2D eigenvalue weighted by Crippen LogP contribution is 2.09. The van der Waals surface area contributed by atoms with Crippen LogP contribution in [0.25, 0.3) is 0 Å². The minimum absolute atomic E-state index is 0.325. The fourth-order valence-electron chi connectivity index (χ4n) is 1.50. The monoisotopic (exact) mass is 210 g/mol. The van der Waals surface area contributed by atoms with E-state index in [0.717, 1.165) is 19.3 Å². The molecule has 1 N–H and O–H groups in total. The van der Waals surface area contributed by atoms with Gasteiger partial charge in [-0.15, -0.1) is 11.8 Å². The van der Waals surface area contributed by atoms with Gasteiger partial charge in [0.1, 0.15) is 0 Å². The molecule has 0 aliphatic rings. The molecule has 2 heteroatoms. The number of carboxylic acids is 1. The molecule has 0 radical (unpaired) electrons. The summed E-state index contributed by atoms with van der Waals surface area (Å²) in [5.41, 5.74) is 0. The van der Waals surface area contributed by atoms with E-state index in [4.69, 9.17) is 5.11 Å². The van der Waals surface area contributed by atoms with Crippen LogP contribution in [0.1, 0.15) is 64.7 Å². The maximum absolute atomic E-state index is 10.2. The van der Waals surface area contributed by atoms with E-state index in [9.17, 15) is 4.79 Å². The lowest BCUT2D eigenvalue weighted by atomic mass is 10.1. The Hall–Kier alpha value is -0.970. The summed E-state index contributed by atoms with van der Waals surface area (Å²) in [5, 5.41) is 8.42. The lowest BCUT2D eigenvalue weighted by Crippen LogP contribution is -1.93. The number of carboxylic acid groups (broad SMARTS) is 1. The molecule has 0 saturated carbocycles. The van der Waals surface area contributed by atoms with E-state index in [1.807, 2.05) is 6.92 Å². The van der Waals surface area contributed by atoms with Gasteiger partial charge < -0.3 is 5.11 Å². The van der Waals surface area contributed by atoms with E-state index in [-0.39, 0.29) is 0 Å². The van der Waals surface area contributed by atoms with Crippen molar-refractivity contribution >= 4 is 5.97 Å². The summed E-state index contributed by atoms with van der Waals surface area (Å²) in [6, 6.07) is 0. The molecule has 0 rings (SSSR count). The van der Waals surface area contributed by atoms with E-state index in [0.29, 0.717) is 6.42 Å². The smallest absolute Gasteiger partial charge is 0.303 e. The van der Waals surface area contributed by atoms with E-state index >= 15 is 0 Å². The van der Waals surface area contributed by atoms with Gasteiger partial charge in [0.05, 0.1) is 0 Å². The zero-order chi connectivity index (χ0) is 11.4. The van der Waals surface area contributed by atoms with E-state index in [1.165, 1.54) is 32.1 Å². The van der Waals surface area contributed by atoms with Gasteiger partial charge in [0.25, 0.3) is 0 Å². The molecule has 0 bridgehead atoms. The van der Waals surface area contributed by atoms with Crippen molar-refractivity contribution in [3.8, 4) is 11.8 Å². The molecule has 2 nitrogen and oxygen atoms in total. The summed E-state index contributed by atoms with van der Waals surface area (Å²) < 4.78 is 0. The van der Waals surface area contributed by atoms with Gasteiger partial charge in [-0.05, 0) is 19.8 Å². The molecule has 0 aliphatic carbocycles. The molecule has 0 aromatic rings. The zero-order valence-corrected chi connectivity index (χ0v) is 9.72. The molecule has 0 aromatic carbocycles. The number of rotatable bonds is 9. The van der Waals surface area contributed by atoms with Gasteiger partial charge in [0.15, 0.2) is 0 Å². The predicted octanol–water partition coefficient (Wildman–Crippen LogP) is 3.61. The van der Waals surface area contributed by atoms with Gasteiger partial charge in [-0.1, -0.05) is 32.1 Å². The molecule has 0 heterocycles. The van der Waals surface area contributed by atoms with Crippen molar-refractivity contribution in [2.45, 2.75) is 64.7 Å². The molecule has 15 heavy (non-hydrogen) atoms. The Bertz CT molecular complexity index is 210. The standard InChI is InChI=1S/C13H22O2/c1-2-3-4-5-6-7-8-9-10-11-12-13(14)15/h4-12H2,1H3,(H,14,15). The van der Waals surface area contributed by atoms with Crippen LogP contribution in [0, 0.1) is 11.8 Å². The molecule has 0 amide bonds. The van der Waals surface area contributed by atoms with Gasteiger partial charge in [0.2, 0.25) is 0 Å². The Labute approximate surface area is 93.1 Å². The highest BCUT2D eigenvalue weighted by Gasteiger charge is 1.96. The molecule has 0 saturated heterocycles. The van der Waals surface area contributed by atoms with Crippen LogP contribution >= 0.6 is 0 Å². The molecular formula is C13H22O2. The van der Waals surface area contributed by atoms with Crippen LogP contribution in [0.2, 0.25) is 0 Å². The maximum atomic E-state index is 10.2. The highest BCUT2D eigenvalue weighted by atomic mass is 16.4. The molecule has 0 aliphatic heterocycles. The fraction of sp³-hybridized carbons (Fsp3) is 0.769. The van der Waals surface area contributed by atoms with Crippen molar-refractivity contribution in [3.63, 3.8) is 0 Å². The first-order valence-electron chi connectivity index (χ1n) is 5.88. The summed E-state index contributed by atoms with van der Waals surface area (Å²) in [6.45, 7) is 1.88. The van der Waals surface area contributed by atoms with Crippen molar-refractivity contribution in [2.24, 2.45) is 0 Å². The third-order valence-electron chi connectivity index (χ3n) is 2.37. The molecule has 0 atom stereocenters. The summed E-state index contributed by atoms with van der Waals surface area (Å²) in [7, 11) is 0. The molecular weight excluding hydrogens is 188 g/mol. The fourth-order valence-corrected chi connectivity index (χ4v) is 1.50. The topological polar surface area (TPSA) is 37.3 Å². The number of hydrogen-bond acceptors (Lipinski definition) is 1. The summed E-state index contributed by atoms with van der Waals surface area (Å²) >= 11 is 0. The first-order chi connectivity index (χ1) is 7.27. The van der Waals surface area contributed by atoms with Gasteiger partial charge in [-0.3, -0.25) is 4.79 Å². The summed E-state index contributed by atoms with van der Waals surface area (Å²) in [5.74, 6) is 5.28.